The number of aryl methyl sites for hydroxylation is 2. The van der Waals surface area contributed by atoms with E-state index in [0.717, 1.165) is 111 Å². The molecule has 4 amide bonds. The van der Waals surface area contributed by atoms with Crippen LogP contribution in [0.5, 0.6) is 0 Å². The lowest BCUT2D eigenvalue weighted by Gasteiger charge is -2.32. The average molecular weight is 2120 g/mol. The SMILES string of the molecule is C.CC1(C)OB(c2ccc(B3OC(C)(C)C(C)(C)O3)s2)OC1(C)C.CCCCCCCCC(CCCCCC)CN1C(=O)C2=C(c3ccc(-c4ccc(C)s4)s3)N(CC(CCCCCC)CCCCCCCC)C(=O)C2=C1c1ccc(C)s1.CCCCCCCCC(CCCCCC)CN1C(=O)C2=C(c3ccc(Br)s3)N(CC(CCCCCC)CCCCCCCC)C(=O)C2=C1c1ccc(Br)s1. The quantitative estimate of drug-likeness (QED) is 0.0274. The smallest absolute Gasteiger partial charge is 0.399 e. The van der Waals surface area contributed by atoms with Gasteiger partial charge in [0.25, 0.3) is 23.6 Å². The molecule has 0 saturated carbocycles. The fraction of sp³-hybridized carbons (Fsp3) is 0.687. The van der Waals surface area contributed by atoms with Crippen LogP contribution in [0.4, 0.5) is 0 Å². The molecule has 4 atom stereocenters. The molecule has 0 radical (unpaired) electrons. The van der Waals surface area contributed by atoms with E-state index in [1.165, 1.54) is 276 Å². The number of unbranched alkanes of at least 4 members (excludes halogenated alkanes) is 32. The number of thiophene rings is 6. The molecule has 6 aromatic heterocycles. The average Bonchev–Trinajstić information content (AvgIpc) is 1.55. The second-order valence-corrected chi connectivity index (χ2v) is 52.0. The molecule has 0 aromatic carbocycles. The maximum atomic E-state index is 15.4. The van der Waals surface area contributed by atoms with Crippen molar-refractivity contribution in [3.63, 3.8) is 0 Å². The van der Waals surface area contributed by atoms with E-state index in [2.05, 4.69) is 227 Å². The molecule has 762 valence electrons. The minimum atomic E-state index is -0.332. The Labute approximate surface area is 874 Å². The molecule has 2 saturated heterocycles. The van der Waals surface area contributed by atoms with Gasteiger partial charge < -0.3 is 38.2 Å². The first-order valence-electron chi connectivity index (χ1n) is 54.3. The standard InChI is InChI=1S/C52H78N2O2S3.C46H70Br2N2O2S2.C16H26B2O4S.CH4/c1-7-11-15-19-21-25-29-41(27-23-17-13-9-3)37-53-49(45-34-32-40(6)58-45)47-48(52(53)56)50(46-36-35-44(59-46)43-33-31-39(5)57-43)54(51(47)55)38-42(28-24-18-14-10-4)30-26-22-20-16-12-8-2;1-5-9-13-17-19-23-27-35(25-21-15-11-7-3)33-49-43(37-29-31-39(47)53-37)41-42(45(49)51)44(38-30-32-40(48)54-38)50(46(41)52)34-36(26-22-16-12-8-4)28-24-20-18-14-10-6-2;1-13(2)14(3,4)20-17(19-13)11-9-10-12(23-11)18-21-15(5,6)16(7,8)22-18;/h31-36,41-42H,7-30,37-38H2,1-6H3;29-32,35-36H,5-28,33-34H2,1-4H3;9-10H,1-8H3;1H4. The molecule has 6 aliphatic rings. The van der Waals surface area contributed by atoms with Crippen molar-refractivity contribution in [2.45, 2.75) is 463 Å². The Hall–Kier alpha value is -4.03. The molecule has 12 rings (SSSR count). The maximum absolute atomic E-state index is 15.4. The number of amides is 4. The van der Waals surface area contributed by atoms with Gasteiger partial charge in [-0.05, 0) is 237 Å². The first-order chi connectivity index (χ1) is 65.5. The molecule has 2 fully saturated rings. The van der Waals surface area contributed by atoms with E-state index >= 15 is 19.2 Å². The summed E-state index contributed by atoms with van der Waals surface area (Å²) in [6.07, 6.45) is 59.6. The van der Waals surface area contributed by atoms with Crippen molar-refractivity contribution in [3.05, 3.63) is 132 Å². The number of fused-ring (bicyclic) bond motifs is 2. The van der Waals surface area contributed by atoms with Gasteiger partial charge in [-0.2, -0.15) is 11.3 Å². The van der Waals surface area contributed by atoms with Gasteiger partial charge in [-0.15, -0.1) is 56.7 Å². The van der Waals surface area contributed by atoms with Crippen LogP contribution in [0.1, 0.15) is 456 Å². The number of carbonyl (C=O) groups excluding carboxylic acids is 4. The molecule has 12 heterocycles. The Balaban J connectivity index is 0.000000248. The number of carbonyl (C=O) groups is 4. The van der Waals surface area contributed by atoms with Gasteiger partial charge in [0.05, 0.1) is 94.6 Å². The molecule has 22 heteroatoms. The third-order valence-electron chi connectivity index (χ3n) is 29.9. The van der Waals surface area contributed by atoms with Crippen LogP contribution in [0.2, 0.25) is 0 Å². The predicted molar refractivity (Wildman–Crippen MR) is 603 cm³/mol. The van der Waals surface area contributed by atoms with Gasteiger partial charge in [0, 0.05) is 55.2 Å². The Morgan fingerprint density at radius 2 is 0.460 bits per heavy atom. The van der Waals surface area contributed by atoms with Crippen molar-refractivity contribution in [2.75, 3.05) is 26.2 Å². The van der Waals surface area contributed by atoms with Crippen LogP contribution in [0, 0.1) is 37.5 Å². The van der Waals surface area contributed by atoms with Crippen molar-refractivity contribution in [3.8, 4) is 9.75 Å². The van der Waals surface area contributed by atoms with Crippen LogP contribution in [0.15, 0.2) is 103 Å². The molecule has 6 aliphatic heterocycles. The zero-order valence-electron chi connectivity index (χ0n) is 87.4. The zero-order valence-corrected chi connectivity index (χ0v) is 95.5. The van der Waals surface area contributed by atoms with Crippen LogP contribution in [0.3, 0.4) is 0 Å². The van der Waals surface area contributed by atoms with Crippen LogP contribution in [-0.2, 0) is 37.8 Å². The molecule has 137 heavy (non-hydrogen) atoms. The van der Waals surface area contributed by atoms with E-state index in [4.69, 9.17) is 18.6 Å². The van der Waals surface area contributed by atoms with Gasteiger partial charge in [-0.25, -0.2) is 0 Å². The maximum Gasteiger partial charge on any atom is 0.505 e. The molecule has 4 unspecified atom stereocenters. The normalized spacial score (nSPS) is 17.5. The van der Waals surface area contributed by atoms with Gasteiger partial charge in [-0.3, -0.25) is 19.2 Å². The Morgan fingerprint density at radius 1 is 0.263 bits per heavy atom. The van der Waals surface area contributed by atoms with E-state index < -0.39 is 0 Å². The Morgan fingerprint density at radius 3 is 0.693 bits per heavy atom. The van der Waals surface area contributed by atoms with Crippen molar-refractivity contribution in [2.24, 2.45) is 23.7 Å². The fourth-order valence-corrected chi connectivity index (χ4v) is 27.1. The number of nitrogens with zero attached hydrogens (tertiary/aromatic N) is 4. The number of rotatable bonds is 63. The van der Waals surface area contributed by atoms with E-state index in [1.54, 1.807) is 56.7 Å². The molecule has 0 N–H and O–H groups in total. The topological polar surface area (TPSA) is 118 Å². The summed E-state index contributed by atoms with van der Waals surface area (Å²) in [7, 11) is -0.664. The summed E-state index contributed by atoms with van der Waals surface area (Å²) in [5.74, 6) is 1.83. The minimum absolute atomic E-state index is 0. The highest BCUT2D eigenvalue weighted by molar-refractivity contribution is 9.11. The van der Waals surface area contributed by atoms with Crippen molar-refractivity contribution in [1.29, 1.82) is 0 Å². The van der Waals surface area contributed by atoms with E-state index in [0.29, 0.717) is 72.1 Å². The Kier molecular flexibility index (Phi) is 50.1. The van der Waals surface area contributed by atoms with E-state index in [-0.39, 0.29) is 67.7 Å². The molecular weight excluding hydrogens is 1940 g/mol. The van der Waals surface area contributed by atoms with E-state index in [9.17, 15) is 0 Å². The summed E-state index contributed by atoms with van der Waals surface area (Å²) in [6, 6.07) is 25.6. The zero-order chi connectivity index (χ0) is 98.0. The summed E-state index contributed by atoms with van der Waals surface area (Å²) < 4.78 is 28.6. The third-order valence-corrected chi connectivity index (χ3v) is 37.6. The van der Waals surface area contributed by atoms with Crippen LogP contribution in [-0.4, -0.2) is 106 Å². The van der Waals surface area contributed by atoms with Crippen molar-refractivity contribution < 1.29 is 37.8 Å². The first kappa shape index (κ1) is 117. The van der Waals surface area contributed by atoms with Gasteiger partial charge >= 0.3 is 14.2 Å². The van der Waals surface area contributed by atoms with Gasteiger partial charge in [0.15, 0.2) is 0 Å². The third kappa shape index (κ3) is 33.0. The number of hydrogen-bond donors (Lipinski definition) is 0. The van der Waals surface area contributed by atoms with Crippen LogP contribution < -0.4 is 9.55 Å². The molecule has 0 bridgehead atoms. The van der Waals surface area contributed by atoms with Crippen molar-refractivity contribution in [1.82, 2.24) is 19.6 Å². The lowest BCUT2D eigenvalue weighted by atomic mass is 9.86. The minimum Gasteiger partial charge on any atom is -0.399 e. The predicted octanol–water partition coefficient (Wildman–Crippen LogP) is 35.4. The molecule has 0 spiro atoms. The first-order valence-corrected chi connectivity index (χ1v) is 60.8. The molecule has 6 aromatic rings. The van der Waals surface area contributed by atoms with Crippen LogP contribution >= 0.6 is 99.9 Å². The molecule has 0 aliphatic carbocycles. The van der Waals surface area contributed by atoms with Gasteiger partial charge in [0.2, 0.25) is 0 Å². The van der Waals surface area contributed by atoms with Gasteiger partial charge in [0.1, 0.15) is 0 Å². The highest BCUT2D eigenvalue weighted by Crippen LogP contribution is 2.54. The Bertz CT molecular complexity index is 4590. The molecular formula is C115H178B2Br2N4O8S6. The monoisotopic (exact) mass is 2120 g/mol. The summed E-state index contributed by atoms with van der Waals surface area (Å²) in [5.41, 5.74) is 4.77. The van der Waals surface area contributed by atoms with Gasteiger partial charge in [-0.1, -0.05) is 332 Å². The number of halogens is 2. The summed E-state index contributed by atoms with van der Waals surface area (Å²) in [6.45, 7) is 41.8. The van der Waals surface area contributed by atoms with Crippen LogP contribution in [0.25, 0.3) is 32.5 Å². The number of hydrogen-bond acceptors (Lipinski definition) is 14. The second kappa shape index (κ2) is 58.9. The lowest BCUT2D eigenvalue weighted by Crippen LogP contribution is -2.41. The highest BCUT2D eigenvalue weighted by Gasteiger charge is 2.56. The summed E-state index contributed by atoms with van der Waals surface area (Å²) >= 11 is 17.6. The summed E-state index contributed by atoms with van der Waals surface area (Å²) in [4.78, 5) is 78.3. The largest absolute Gasteiger partial charge is 0.505 e. The second-order valence-electron chi connectivity index (χ2n) is 42.3. The molecule has 12 nitrogen and oxygen atoms in total. The summed E-state index contributed by atoms with van der Waals surface area (Å²) in [5, 5.41) is 0. The van der Waals surface area contributed by atoms with Crippen molar-refractivity contribution >= 4 is 170 Å². The van der Waals surface area contributed by atoms with E-state index in [1.807, 2.05) is 33.3 Å². The fourth-order valence-electron chi connectivity index (χ4n) is 20.3. The lowest BCUT2D eigenvalue weighted by molar-refractivity contribution is -0.124. The highest BCUT2D eigenvalue weighted by atomic mass is 79.9.